The number of nitrogens with zero attached hydrogens (tertiary/aromatic N) is 5. The highest BCUT2D eigenvalue weighted by atomic mass is 16.5. The van der Waals surface area contributed by atoms with Crippen LogP contribution in [0.2, 0.25) is 0 Å². The van der Waals surface area contributed by atoms with Crippen LogP contribution in [-0.4, -0.2) is 37.2 Å². The number of nitrogens with one attached hydrogen (secondary N) is 1. The summed E-state index contributed by atoms with van der Waals surface area (Å²) in [6.45, 7) is 6.00. The molecule has 3 aromatic carbocycles. The fourth-order valence-corrected chi connectivity index (χ4v) is 4.99. The molecule has 0 spiro atoms. The second kappa shape index (κ2) is 12.0. The van der Waals surface area contributed by atoms with Gasteiger partial charge in [-0.3, -0.25) is 9.69 Å². The topological polar surface area (TPSA) is 88.9 Å². The number of aryl methyl sites for hydroxylation is 3. The van der Waals surface area contributed by atoms with E-state index >= 15 is 0 Å². The Kier molecular flexibility index (Phi) is 8.13. The standard InChI is InChI=1S/C31H34N6O2/c1-4-29(30-33-34-35-37(30)17-16-23-8-6-5-7-9-23)36(20-24-12-10-22(2)11-13-24)21-26-18-25-19-27(39-3)14-15-28(25)32-31(26)38/h5-15,18-19,29H,4,16-17,20-21H2,1-3H3,(H,32,38)/t29-/m0/s1. The fraction of sp³-hybridized carbons (Fsp3) is 0.290. The van der Waals surface area contributed by atoms with E-state index in [0.29, 0.717) is 25.2 Å². The van der Waals surface area contributed by atoms with Crippen molar-refractivity contribution in [1.29, 1.82) is 0 Å². The third kappa shape index (κ3) is 6.23. The summed E-state index contributed by atoms with van der Waals surface area (Å²) in [5, 5.41) is 13.8. The number of pyridine rings is 1. The Morgan fingerprint density at radius 1 is 0.974 bits per heavy atom. The van der Waals surface area contributed by atoms with E-state index in [1.807, 2.05) is 47.1 Å². The van der Waals surface area contributed by atoms with Crippen molar-refractivity contribution in [3.63, 3.8) is 0 Å². The molecular formula is C31H34N6O2. The lowest BCUT2D eigenvalue weighted by molar-refractivity contribution is 0.160. The number of aromatic nitrogens is 5. The average molecular weight is 523 g/mol. The van der Waals surface area contributed by atoms with E-state index in [9.17, 15) is 4.79 Å². The average Bonchev–Trinajstić information content (AvgIpc) is 3.42. The molecule has 0 unspecified atom stereocenters. The van der Waals surface area contributed by atoms with Gasteiger partial charge in [-0.25, -0.2) is 4.68 Å². The summed E-state index contributed by atoms with van der Waals surface area (Å²) in [5.74, 6) is 1.56. The van der Waals surface area contributed by atoms with Crippen LogP contribution in [0.1, 0.15) is 47.5 Å². The van der Waals surface area contributed by atoms with Gasteiger partial charge >= 0.3 is 0 Å². The minimum absolute atomic E-state index is 0.0857. The van der Waals surface area contributed by atoms with Crippen molar-refractivity contribution in [3.8, 4) is 5.75 Å². The molecule has 0 aliphatic heterocycles. The first-order chi connectivity index (χ1) is 19.0. The molecule has 0 radical (unpaired) electrons. The van der Waals surface area contributed by atoms with Gasteiger partial charge in [-0.1, -0.05) is 67.1 Å². The zero-order valence-electron chi connectivity index (χ0n) is 22.7. The van der Waals surface area contributed by atoms with Crippen molar-refractivity contribution in [2.45, 2.75) is 52.4 Å². The Balaban J connectivity index is 1.48. The van der Waals surface area contributed by atoms with Crippen LogP contribution in [0.4, 0.5) is 0 Å². The zero-order chi connectivity index (χ0) is 27.2. The van der Waals surface area contributed by atoms with Gasteiger partial charge in [-0.2, -0.15) is 0 Å². The predicted octanol–water partition coefficient (Wildman–Crippen LogP) is 5.23. The van der Waals surface area contributed by atoms with Crippen molar-refractivity contribution in [3.05, 3.63) is 117 Å². The highest BCUT2D eigenvalue weighted by molar-refractivity contribution is 5.80. The lowest BCUT2D eigenvalue weighted by atomic mass is 10.1. The molecule has 0 amide bonds. The van der Waals surface area contributed by atoms with Crippen molar-refractivity contribution >= 4 is 10.9 Å². The maximum absolute atomic E-state index is 13.2. The second-order valence-electron chi connectivity index (χ2n) is 9.89. The second-order valence-corrected chi connectivity index (χ2v) is 9.89. The molecular weight excluding hydrogens is 488 g/mol. The Morgan fingerprint density at radius 3 is 2.51 bits per heavy atom. The van der Waals surface area contributed by atoms with Gasteiger partial charge in [0.25, 0.3) is 5.56 Å². The van der Waals surface area contributed by atoms with Gasteiger partial charge < -0.3 is 9.72 Å². The van der Waals surface area contributed by atoms with E-state index in [-0.39, 0.29) is 11.6 Å². The van der Waals surface area contributed by atoms with E-state index in [1.165, 1.54) is 16.7 Å². The SMILES string of the molecule is CC[C@@H](c1nnnn1CCc1ccccc1)N(Cc1ccc(C)cc1)Cc1cc2cc(OC)ccc2[nH]c1=O. The van der Waals surface area contributed by atoms with E-state index in [0.717, 1.165) is 35.3 Å². The molecule has 200 valence electrons. The van der Waals surface area contributed by atoms with Gasteiger partial charge in [0, 0.05) is 36.1 Å². The molecule has 2 heterocycles. The van der Waals surface area contributed by atoms with Crippen LogP contribution in [0.5, 0.6) is 5.75 Å². The highest BCUT2D eigenvalue weighted by Gasteiger charge is 2.26. The quantitative estimate of drug-likeness (QED) is 0.256. The zero-order valence-corrected chi connectivity index (χ0v) is 22.7. The summed E-state index contributed by atoms with van der Waals surface area (Å²) in [6, 6.07) is 26.4. The van der Waals surface area contributed by atoms with Gasteiger partial charge in [0.05, 0.1) is 13.2 Å². The molecule has 1 atom stereocenters. The number of fused-ring (bicyclic) bond motifs is 1. The monoisotopic (exact) mass is 522 g/mol. The first kappa shape index (κ1) is 26.3. The maximum atomic E-state index is 13.2. The molecule has 1 N–H and O–H groups in total. The molecule has 0 bridgehead atoms. The number of rotatable bonds is 11. The van der Waals surface area contributed by atoms with Crippen molar-refractivity contribution in [2.24, 2.45) is 0 Å². The molecule has 5 aromatic rings. The first-order valence-electron chi connectivity index (χ1n) is 13.3. The molecule has 5 rings (SSSR count). The van der Waals surface area contributed by atoms with Gasteiger partial charge in [0.1, 0.15) is 5.75 Å². The fourth-order valence-electron chi connectivity index (χ4n) is 4.99. The van der Waals surface area contributed by atoms with E-state index in [2.05, 4.69) is 75.7 Å². The summed E-state index contributed by atoms with van der Waals surface area (Å²) in [7, 11) is 1.64. The van der Waals surface area contributed by atoms with Crippen molar-refractivity contribution < 1.29 is 4.74 Å². The summed E-state index contributed by atoms with van der Waals surface area (Å²) in [4.78, 5) is 18.5. The Morgan fingerprint density at radius 2 is 1.77 bits per heavy atom. The number of H-pyrrole nitrogens is 1. The molecule has 0 aliphatic rings. The van der Waals surface area contributed by atoms with E-state index in [4.69, 9.17) is 4.74 Å². The van der Waals surface area contributed by atoms with Gasteiger partial charge in [-0.15, -0.1) is 5.10 Å². The number of methoxy groups -OCH3 is 1. The largest absolute Gasteiger partial charge is 0.497 e. The Hall–Kier alpha value is -4.30. The number of ether oxygens (including phenoxy) is 1. The first-order valence-corrected chi connectivity index (χ1v) is 13.3. The summed E-state index contributed by atoms with van der Waals surface area (Å²) >= 11 is 0. The third-order valence-corrected chi connectivity index (χ3v) is 7.15. The molecule has 0 aliphatic carbocycles. The number of hydrogen-bond donors (Lipinski definition) is 1. The summed E-state index contributed by atoms with van der Waals surface area (Å²) in [5.41, 5.74) is 4.99. The van der Waals surface area contributed by atoms with Crippen LogP contribution >= 0.6 is 0 Å². The number of benzene rings is 3. The van der Waals surface area contributed by atoms with Crippen LogP contribution in [-0.2, 0) is 26.1 Å². The molecule has 2 aromatic heterocycles. The van der Waals surface area contributed by atoms with Crippen LogP contribution in [0, 0.1) is 6.92 Å². The van der Waals surface area contributed by atoms with Gasteiger partial charge in [0.15, 0.2) is 5.82 Å². The molecule has 8 heteroatoms. The number of tetrazole rings is 1. The van der Waals surface area contributed by atoms with E-state index in [1.54, 1.807) is 7.11 Å². The van der Waals surface area contributed by atoms with Gasteiger partial charge in [0.2, 0.25) is 0 Å². The molecule has 0 saturated carbocycles. The Labute approximate surface area is 228 Å². The molecule has 8 nitrogen and oxygen atoms in total. The van der Waals surface area contributed by atoms with E-state index < -0.39 is 0 Å². The predicted molar refractivity (Wildman–Crippen MR) is 153 cm³/mol. The minimum Gasteiger partial charge on any atom is -0.497 e. The smallest absolute Gasteiger partial charge is 0.252 e. The van der Waals surface area contributed by atoms with Crippen LogP contribution in [0.15, 0.2) is 83.7 Å². The van der Waals surface area contributed by atoms with Crippen molar-refractivity contribution in [2.75, 3.05) is 7.11 Å². The van der Waals surface area contributed by atoms with Crippen LogP contribution in [0.25, 0.3) is 10.9 Å². The third-order valence-electron chi connectivity index (χ3n) is 7.15. The Bertz CT molecular complexity index is 1580. The van der Waals surface area contributed by atoms with Crippen molar-refractivity contribution in [1.82, 2.24) is 30.1 Å². The summed E-state index contributed by atoms with van der Waals surface area (Å²) in [6.07, 6.45) is 1.62. The highest BCUT2D eigenvalue weighted by Crippen LogP contribution is 2.27. The van der Waals surface area contributed by atoms with Gasteiger partial charge in [-0.05, 0) is 65.6 Å². The minimum atomic E-state index is -0.0971. The summed E-state index contributed by atoms with van der Waals surface area (Å²) < 4.78 is 7.31. The van der Waals surface area contributed by atoms with Crippen LogP contribution < -0.4 is 10.3 Å². The number of aromatic amines is 1. The lowest BCUT2D eigenvalue weighted by Gasteiger charge is -2.30. The maximum Gasteiger partial charge on any atom is 0.252 e. The molecule has 39 heavy (non-hydrogen) atoms. The molecule has 0 saturated heterocycles. The number of hydrogen-bond acceptors (Lipinski definition) is 6. The lowest BCUT2D eigenvalue weighted by Crippen LogP contribution is -2.32. The molecule has 0 fully saturated rings. The van der Waals surface area contributed by atoms with Crippen LogP contribution in [0.3, 0.4) is 0 Å². The normalized spacial score (nSPS) is 12.2.